The van der Waals surface area contributed by atoms with Crippen molar-refractivity contribution in [2.45, 2.75) is 38.8 Å². The summed E-state index contributed by atoms with van der Waals surface area (Å²) in [5, 5.41) is 15.0. The van der Waals surface area contributed by atoms with Gasteiger partial charge in [0.2, 0.25) is 5.91 Å². The van der Waals surface area contributed by atoms with Gasteiger partial charge in [-0.05, 0) is 57.0 Å². The van der Waals surface area contributed by atoms with Crippen LogP contribution in [-0.4, -0.2) is 41.9 Å². The summed E-state index contributed by atoms with van der Waals surface area (Å²) in [5.41, 5.74) is 1.15. The van der Waals surface area contributed by atoms with Crippen LogP contribution in [0.4, 0.5) is 5.69 Å². The number of amides is 2. The summed E-state index contributed by atoms with van der Waals surface area (Å²) in [4.78, 5) is 28.9. The Morgan fingerprint density at radius 3 is 2.64 bits per heavy atom. The van der Waals surface area contributed by atoms with Crippen molar-refractivity contribution < 1.29 is 9.59 Å². The van der Waals surface area contributed by atoms with Gasteiger partial charge in [0, 0.05) is 29.7 Å². The van der Waals surface area contributed by atoms with Crippen LogP contribution in [0.2, 0.25) is 0 Å². The Labute approximate surface area is 169 Å². The fourth-order valence-electron chi connectivity index (χ4n) is 3.32. The first kappa shape index (κ1) is 20.1. The fourth-order valence-corrected chi connectivity index (χ4v) is 4.09. The number of nitrogens with zero attached hydrogens (tertiary/aromatic N) is 2. The van der Waals surface area contributed by atoms with Gasteiger partial charge in [0.15, 0.2) is 0 Å². The van der Waals surface area contributed by atoms with Crippen LogP contribution in [-0.2, 0) is 4.79 Å². The molecule has 0 bridgehead atoms. The van der Waals surface area contributed by atoms with Crippen molar-refractivity contribution in [1.29, 1.82) is 5.26 Å². The average Bonchev–Trinajstić information content (AvgIpc) is 3.14. The van der Waals surface area contributed by atoms with Crippen LogP contribution >= 0.6 is 11.3 Å². The third-order valence-electron chi connectivity index (χ3n) is 5.02. The molecule has 1 fully saturated rings. The Hall–Kier alpha value is -2.69. The van der Waals surface area contributed by atoms with Crippen LogP contribution in [0.5, 0.6) is 0 Å². The van der Waals surface area contributed by atoms with Gasteiger partial charge in [0.05, 0.1) is 22.6 Å². The number of benzene rings is 1. The number of anilines is 1. The molecule has 2 amide bonds. The smallest absolute Gasteiger partial charge is 0.261 e. The predicted molar refractivity (Wildman–Crippen MR) is 110 cm³/mol. The number of piperidine rings is 1. The van der Waals surface area contributed by atoms with Crippen molar-refractivity contribution in [3.05, 3.63) is 51.7 Å². The van der Waals surface area contributed by atoms with Crippen molar-refractivity contribution in [3.63, 3.8) is 0 Å². The highest BCUT2D eigenvalue weighted by molar-refractivity contribution is 7.13. The van der Waals surface area contributed by atoms with E-state index in [9.17, 15) is 9.59 Å². The molecule has 1 atom stereocenters. The Kier molecular flexibility index (Phi) is 6.45. The SMILES string of the molecule is Cc1ccc(C(=O)NC2CCN(C(C)C(=O)Nc3cccc(C#N)c3)CC2)s1. The average molecular weight is 397 g/mol. The molecule has 0 radical (unpaired) electrons. The molecule has 6 nitrogen and oxygen atoms in total. The molecule has 2 heterocycles. The number of carbonyl (C=O) groups is 2. The van der Waals surface area contributed by atoms with Crippen molar-refractivity contribution >= 4 is 28.8 Å². The number of thiophene rings is 1. The maximum absolute atomic E-state index is 12.6. The van der Waals surface area contributed by atoms with E-state index < -0.39 is 0 Å². The molecule has 2 aromatic rings. The van der Waals surface area contributed by atoms with Crippen molar-refractivity contribution in [1.82, 2.24) is 10.2 Å². The number of likely N-dealkylation sites (tertiary alicyclic amines) is 1. The molecule has 28 heavy (non-hydrogen) atoms. The van der Waals surface area contributed by atoms with E-state index >= 15 is 0 Å². The van der Waals surface area contributed by atoms with Gasteiger partial charge < -0.3 is 10.6 Å². The number of rotatable bonds is 5. The quantitative estimate of drug-likeness (QED) is 0.813. The van der Waals surface area contributed by atoms with Crippen molar-refractivity contribution in [2.75, 3.05) is 18.4 Å². The molecule has 1 aliphatic heterocycles. The van der Waals surface area contributed by atoms with E-state index in [1.807, 2.05) is 26.0 Å². The summed E-state index contributed by atoms with van der Waals surface area (Å²) in [6.45, 7) is 5.38. The van der Waals surface area contributed by atoms with E-state index in [-0.39, 0.29) is 23.9 Å². The summed E-state index contributed by atoms with van der Waals surface area (Å²) < 4.78 is 0. The zero-order chi connectivity index (χ0) is 20.1. The number of hydrogen-bond donors (Lipinski definition) is 2. The third-order valence-corrected chi connectivity index (χ3v) is 6.01. The molecule has 1 aliphatic rings. The van der Waals surface area contributed by atoms with Gasteiger partial charge in [-0.1, -0.05) is 6.07 Å². The fraction of sp³-hybridized carbons (Fsp3) is 0.381. The molecule has 1 unspecified atom stereocenters. The molecule has 1 saturated heterocycles. The summed E-state index contributed by atoms with van der Waals surface area (Å²) >= 11 is 1.50. The van der Waals surface area contributed by atoms with Gasteiger partial charge >= 0.3 is 0 Å². The minimum atomic E-state index is -0.276. The second kappa shape index (κ2) is 9.00. The third kappa shape index (κ3) is 4.97. The number of nitrogens with one attached hydrogen (secondary N) is 2. The Bertz CT molecular complexity index is 894. The number of hydrogen-bond acceptors (Lipinski definition) is 5. The van der Waals surface area contributed by atoms with Gasteiger partial charge in [-0.25, -0.2) is 0 Å². The lowest BCUT2D eigenvalue weighted by atomic mass is 10.0. The highest BCUT2D eigenvalue weighted by atomic mass is 32.1. The standard InChI is InChI=1S/C21H24N4O2S/c1-14-6-7-19(28-14)21(27)23-17-8-10-25(11-9-17)15(2)20(26)24-18-5-3-4-16(12-18)13-22/h3-7,12,15,17H,8-11H2,1-2H3,(H,23,27)(H,24,26). The molecule has 1 aromatic heterocycles. The van der Waals surface area contributed by atoms with E-state index in [1.54, 1.807) is 24.3 Å². The highest BCUT2D eigenvalue weighted by Gasteiger charge is 2.27. The summed E-state index contributed by atoms with van der Waals surface area (Å²) in [7, 11) is 0. The molecular weight excluding hydrogens is 372 g/mol. The van der Waals surface area contributed by atoms with Crippen LogP contribution in [0, 0.1) is 18.3 Å². The molecule has 0 aliphatic carbocycles. The topological polar surface area (TPSA) is 85.2 Å². The van der Waals surface area contributed by atoms with E-state index in [0.717, 1.165) is 35.7 Å². The number of aryl methyl sites for hydroxylation is 1. The first-order valence-electron chi connectivity index (χ1n) is 9.38. The first-order valence-corrected chi connectivity index (χ1v) is 10.2. The van der Waals surface area contributed by atoms with Gasteiger partial charge in [0.25, 0.3) is 5.91 Å². The summed E-state index contributed by atoms with van der Waals surface area (Å²) in [5.74, 6) is -0.105. The van der Waals surface area contributed by atoms with Crippen LogP contribution in [0.15, 0.2) is 36.4 Å². The van der Waals surface area contributed by atoms with Crippen molar-refractivity contribution in [2.24, 2.45) is 0 Å². The molecular formula is C21H24N4O2S. The second-order valence-corrected chi connectivity index (χ2v) is 8.34. The Morgan fingerprint density at radius 2 is 2.00 bits per heavy atom. The molecule has 3 rings (SSSR count). The van der Waals surface area contributed by atoms with E-state index in [4.69, 9.17) is 5.26 Å². The summed E-state index contributed by atoms with van der Waals surface area (Å²) in [6.07, 6.45) is 1.63. The monoisotopic (exact) mass is 396 g/mol. The van der Waals surface area contributed by atoms with Crippen molar-refractivity contribution in [3.8, 4) is 6.07 Å². The van der Waals surface area contributed by atoms with E-state index in [1.165, 1.54) is 11.3 Å². The highest BCUT2D eigenvalue weighted by Crippen LogP contribution is 2.18. The largest absolute Gasteiger partial charge is 0.349 e. The van der Waals surface area contributed by atoms with E-state index in [0.29, 0.717) is 11.3 Å². The minimum absolute atomic E-state index is 0.0142. The number of nitriles is 1. The van der Waals surface area contributed by atoms with Crippen LogP contribution in [0.3, 0.4) is 0 Å². The minimum Gasteiger partial charge on any atom is -0.349 e. The molecule has 1 aromatic carbocycles. The maximum Gasteiger partial charge on any atom is 0.261 e. The Morgan fingerprint density at radius 1 is 1.25 bits per heavy atom. The zero-order valence-corrected chi connectivity index (χ0v) is 16.9. The van der Waals surface area contributed by atoms with Gasteiger partial charge in [-0.2, -0.15) is 5.26 Å². The van der Waals surface area contributed by atoms with Gasteiger partial charge in [-0.15, -0.1) is 11.3 Å². The van der Waals surface area contributed by atoms with Crippen LogP contribution in [0.25, 0.3) is 0 Å². The molecule has 0 saturated carbocycles. The molecule has 7 heteroatoms. The van der Waals surface area contributed by atoms with Crippen LogP contribution < -0.4 is 10.6 Å². The van der Waals surface area contributed by atoms with Gasteiger partial charge in [0.1, 0.15) is 0 Å². The lowest BCUT2D eigenvalue weighted by Gasteiger charge is -2.35. The summed E-state index contributed by atoms with van der Waals surface area (Å²) in [6, 6.07) is 12.6. The number of carbonyl (C=O) groups excluding carboxylic acids is 2. The maximum atomic E-state index is 12.6. The Balaban J connectivity index is 1.49. The normalized spacial score (nSPS) is 16.2. The zero-order valence-electron chi connectivity index (χ0n) is 16.1. The van der Waals surface area contributed by atoms with E-state index in [2.05, 4.69) is 21.6 Å². The first-order chi connectivity index (χ1) is 13.5. The molecule has 146 valence electrons. The van der Waals surface area contributed by atoms with Crippen LogP contribution in [0.1, 0.15) is 39.9 Å². The lowest BCUT2D eigenvalue weighted by molar-refractivity contribution is -0.121. The predicted octanol–water partition coefficient (Wildman–Crippen LogP) is 3.15. The lowest BCUT2D eigenvalue weighted by Crippen LogP contribution is -2.50. The van der Waals surface area contributed by atoms with Gasteiger partial charge in [-0.3, -0.25) is 14.5 Å². The second-order valence-electron chi connectivity index (χ2n) is 7.05. The molecule has 2 N–H and O–H groups in total. The molecule has 0 spiro atoms.